The average molecular weight is 357 g/mol. The number of aromatic nitrogens is 3. The standard InChI is InChI=1S/C18H17ClN4O2/c1-3-13-8-11(2)21-16(22-13)10-12-4-5-15(19)14(9-12)17(24)23-18-20-6-7-25-18/h4-9H,3,10H2,1-2H3,(H,20,23,24). The van der Waals surface area contributed by atoms with E-state index in [9.17, 15) is 4.79 Å². The number of oxazole rings is 1. The van der Waals surface area contributed by atoms with Crippen LogP contribution in [0, 0.1) is 6.92 Å². The first-order valence-corrected chi connectivity index (χ1v) is 8.25. The Morgan fingerprint density at radius 3 is 2.84 bits per heavy atom. The molecule has 3 aromatic rings. The number of hydrogen-bond donors (Lipinski definition) is 1. The van der Waals surface area contributed by atoms with Crippen LogP contribution in [0.2, 0.25) is 5.02 Å². The van der Waals surface area contributed by atoms with Gasteiger partial charge in [-0.2, -0.15) is 0 Å². The molecule has 25 heavy (non-hydrogen) atoms. The molecule has 0 saturated heterocycles. The summed E-state index contributed by atoms with van der Waals surface area (Å²) >= 11 is 6.16. The number of carbonyl (C=O) groups excluding carboxylic acids is 1. The minimum absolute atomic E-state index is 0.126. The molecule has 0 fully saturated rings. The first kappa shape index (κ1) is 17.1. The highest BCUT2D eigenvalue weighted by atomic mass is 35.5. The number of benzene rings is 1. The summed E-state index contributed by atoms with van der Waals surface area (Å²) in [6, 6.07) is 7.39. The molecule has 0 spiro atoms. The number of hydrogen-bond acceptors (Lipinski definition) is 5. The second-order valence-corrected chi connectivity index (χ2v) is 5.96. The van der Waals surface area contributed by atoms with E-state index in [1.165, 1.54) is 12.5 Å². The number of carbonyl (C=O) groups is 1. The highest BCUT2D eigenvalue weighted by molar-refractivity contribution is 6.34. The minimum atomic E-state index is -0.381. The van der Waals surface area contributed by atoms with Crippen LogP contribution >= 0.6 is 11.6 Å². The molecule has 0 radical (unpaired) electrons. The number of nitrogens with one attached hydrogen (secondary N) is 1. The van der Waals surface area contributed by atoms with Gasteiger partial charge in [0.25, 0.3) is 5.91 Å². The maximum absolute atomic E-state index is 12.4. The zero-order valence-electron chi connectivity index (χ0n) is 13.9. The Bertz CT molecular complexity index is 894. The van der Waals surface area contributed by atoms with E-state index in [0.717, 1.165) is 29.2 Å². The third kappa shape index (κ3) is 4.22. The highest BCUT2D eigenvalue weighted by Crippen LogP contribution is 2.20. The topological polar surface area (TPSA) is 80.9 Å². The fraction of sp³-hybridized carbons (Fsp3) is 0.222. The summed E-state index contributed by atoms with van der Waals surface area (Å²) in [4.78, 5) is 25.2. The number of halogens is 1. The highest BCUT2D eigenvalue weighted by Gasteiger charge is 2.14. The lowest BCUT2D eigenvalue weighted by molar-refractivity contribution is 0.102. The van der Waals surface area contributed by atoms with E-state index >= 15 is 0 Å². The van der Waals surface area contributed by atoms with E-state index in [0.29, 0.717) is 17.0 Å². The van der Waals surface area contributed by atoms with Crippen molar-refractivity contribution in [3.8, 4) is 0 Å². The van der Waals surface area contributed by atoms with Gasteiger partial charge in [-0.25, -0.2) is 15.0 Å². The summed E-state index contributed by atoms with van der Waals surface area (Å²) in [6.07, 6.45) is 4.20. The molecule has 6 nitrogen and oxygen atoms in total. The second kappa shape index (κ2) is 7.44. The zero-order valence-corrected chi connectivity index (χ0v) is 14.7. The first-order chi connectivity index (χ1) is 12.0. The fourth-order valence-corrected chi connectivity index (χ4v) is 2.65. The molecule has 0 aliphatic heterocycles. The van der Waals surface area contributed by atoms with Gasteiger partial charge in [-0.15, -0.1) is 0 Å². The van der Waals surface area contributed by atoms with Crippen LogP contribution in [0.3, 0.4) is 0 Å². The van der Waals surface area contributed by atoms with Crippen LogP contribution < -0.4 is 5.32 Å². The van der Waals surface area contributed by atoms with Crippen molar-refractivity contribution in [3.05, 3.63) is 70.1 Å². The van der Waals surface area contributed by atoms with Crippen molar-refractivity contribution in [2.75, 3.05) is 5.32 Å². The van der Waals surface area contributed by atoms with Crippen LogP contribution in [0.1, 0.15) is 40.1 Å². The van der Waals surface area contributed by atoms with Crippen LogP contribution in [0.15, 0.2) is 41.1 Å². The van der Waals surface area contributed by atoms with Crippen LogP contribution in [-0.4, -0.2) is 20.9 Å². The van der Waals surface area contributed by atoms with Gasteiger partial charge < -0.3 is 4.42 Å². The number of anilines is 1. The molecule has 3 rings (SSSR count). The van der Waals surface area contributed by atoms with Gasteiger partial charge in [0.1, 0.15) is 12.1 Å². The lowest BCUT2D eigenvalue weighted by Crippen LogP contribution is -2.13. The first-order valence-electron chi connectivity index (χ1n) is 7.88. The molecule has 1 amide bonds. The third-order valence-electron chi connectivity index (χ3n) is 3.61. The van der Waals surface area contributed by atoms with Crippen LogP contribution in [-0.2, 0) is 12.8 Å². The minimum Gasteiger partial charge on any atom is -0.432 e. The molecule has 0 bridgehead atoms. The van der Waals surface area contributed by atoms with Crippen molar-refractivity contribution in [1.82, 2.24) is 15.0 Å². The Kier molecular flexibility index (Phi) is 5.09. The number of rotatable bonds is 5. The maximum Gasteiger partial charge on any atom is 0.301 e. The van der Waals surface area contributed by atoms with Gasteiger partial charge >= 0.3 is 6.01 Å². The van der Waals surface area contributed by atoms with E-state index in [1.807, 2.05) is 19.1 Å². The van der Waals surface area contributed by atoms with Gasteiger partial charge in [0.2, 0.25) is 0 Å². The SMILES string of the molecule is CCc1cc(C)nc(Cc2ccc(Cl)c(C(=O)Nc3ncco3)c2)n1. The van der Waals surface area contributed by atoms with E-state index in [-0.39, 0.29) is 11.9 Å². The monoisotopic (exact) mass is 356 g/mol. The molecule has 0 unspecified atom stereocenters. The number of nitrogens with zero attached hydrogens (tertiary/aromatic N) is 3. The molecule has 0 aliphatic carbocycles. The quantitative estimate of drug-likeness (QED) is 0.751. The van der Waals surface area contributed by atoms with Gasteiger partial charge in [-0.05, 0) is 37.1 Å². The summed E-state index contributed by atoms with van der Waals surface area (Å²) in [5.74, 6) is 0.340. The maximum atomic E-state index is 12.4. The molecule has 0 atom stereocenters. The smallest absolute Gasteiger partial charge is 0.301 e. The largest absolute Gasteiger partial charge is 0.432 e. The van der Waals surface area contributed by atoms with Crippen molar-refractivity contribution in [2.45, 2.75) is 26.7 Å². The van der Waals surface area contributed by atoms with Crippen molar-refractivity contribution in [3.63, 3.8) is 0 Å². The fourth-order valence-electron chi connectivity index (χ4n) is 2.45. The van der Waals surface area contributed by atoms with Crippen molar-refractivity contribution < 1.29 is 9.21 Å². The molecule has 1 N–H and O–H groups in total. The summed E-state index contributed by atoms with van der Waals surface area (Å²) in [7, 11) is 0. The number of aryl methyl sites for hydroxylation is 2. The van der Waals surface area contributed by atoms with Crippen LogP contribution in [0.5, 0.6) is 0 Å². The molecular formula is C18H17ClN4O2. The molecule has 1 aromatic carbocycles. The Labute approximate surface area is 150 Å². The van der Waals surface area contributed by atoms with Gasteiger partial charge in [-0.3, -0.25) is 10.1 Å². The molecule has 2 heterocycles. The lowest BCUT2D eigenvalue weighted by atomic mass is 10.1. The van der Waals surface area contributed by atoms with Crippen molar-refractivity contribution >= 4 is 23.5 Å². The van der Waals surface area contributed by atoms with E-state index in [2.05, 4.69) is 27.2 Å². The van der Waals surface area contributed by atoms with Crippen LogP contribution in [0.25, 0.3) is 0 Å². The summed E-state index contributed by atoms with van der Waals surface area (Å²) in [5.41, 5.74) is 3.17. The van der Waals surface area contributed by atoms with Gasteiger partial charge in [0, 0.05) is 17.8 Å². The third-order valence-corrected chi connectivity index (χ3v) is 3.94. The molecule has 0 saturated carbocycles. The van der Waals surface area contributed by atoms with Gasteiger partial charge in [-0.1, -0.05) is 24.6 Å². The van der Waals surface area contributed by atoms with Crippen LogP contribution in [0.4, 0.5) is 6.01 Å². The average Bonchev–Trinajstić information content (AvgIpc) is 3.09. The van der Waals surface area contributed by atoms with Crippen molar-refractivity contribution in [2.24, 2.45) is 0 Å². The zero-order chi connectivity index (χ0) is 17.8. The predicted molar refractivity (Wildman–Crippen MR) is 94.9 cm³/mol. The Morgan fingerprint density at radius 1 is 1.28 bits per heavy atom. The second-order valence-electron chi connectivity index (χ2n) is 5.55. The molecule has 128 valence electrons. The summed E-state index contributed by atoms with van der Waals surface area (Å²) < 4.78 is 5.02. The molecule has 2 aromatic heterocycles. The van der Waals surface area contributed by atoms with E-state index in [1.54, 1.807) is 12.1 Å². The summed E-state index contributed by atoms with van der Waals surface area (Å²) in [6.45, 7) is 4.00. The van der Waals surface area contributed by atoms with E-state index in [4.69, 9.17) is 16.0 Å². The normalized spacial score (nSPS) is 10.7. The predicted octanol–water partition coefficient (Wildman–Crippen LogP) is 3.83. The Balaban J connectivity index is 1.84. The van der Waals surface area contributed by atoms with Gasteiger partial charge in [0.05, 0.1) is 16.8 Å². The van der Waals surface area contributed by atoms with E-state index < -0.39 is 0 Å². The molecule has 7 heteroatoms. The Morgan fingerprint density at radius 2 is 2.12 bits per heavy atom. The Hall–Kier alpha value is -2.73. The summed E-state index contributed by atoms with van der Waals surface area (Å²) in [5, 5.41) is 2.92. The van der Waals surface area contributed by atoms with Gasteiger partial charge in [0.15, 0.2) is 0 Å². The lowest BCUT2D eigenvalue weighted by Gasteiger charge is -2.08. The molecule has 0 aliphatic rings. The molecular weight excluding hydrogens is 340 g/mol. The number of amides is 1. The van der Waals surface area contributed by atoms with Crippen molar-refractivity contribution in [1.29, 1.82) is 0 Å².